The van der Waals surface area contributed by atoms with Crippen LogP contribution in [0.1, 0.15) is 41.1 Å². The summed E-state index contributed by atoms with van der Waals surface area (Å²) < 4.78 is 2.05. The predicted octanol–water partition coefficient (Wildman–Crippen LogP) is 2.67. The quantitative estimate of drug-likeness (QED) is 0.838. The molecule has 1 aromatic heterocycles. The van der Waals surface area contributed by atoms with E-state index in [-0.39, 0.29) is 5.91 Å². The highest BCUT2D eigenvalue weighted by molar-refractivity contribution is 6.17. The average Bonchev–Trinajstić information content (AvgIpc) is 3.25. The van der Waals surface area contributed by atoms with Crippen LogP contribution in [0.2, 0.25) is 0 Å². The van der Waals surface area contributed by atoms with E-state index in [9.17, 15) is 4.79 Å². The van der Waals surface area contributed by atoms with Gasteiger partial charge < -0.3 is 4.57 Å². The lowest BCUT2D eigenvalue weighted by molar-refractivity contribution is 0.0850. The Morgan fingerprint density at radius 2 is 2.00 bits per heavy atom. The standard InChI is InChI=1S/C20H23N5O/c1-13-22-18-17(24(13)12-14-7-4-3-5-8-14)19(26)23(2)20-21-11-15-9-6-10-16(15)25(18)20/h3-5,7-8,15-16H,6,9-12H2,1-2H3/t15-,16-/m0/s1. The molecule has 2 aromatic rings. The number of fused-ring (bicyclic) bond motifs is 5. The van der Waals surface area contributed by atoms with Crippen molar-refractivity contribution in [3.8, 4) is 0 Å². The number of aromatic nitrogens is 2. The SMILES string of the molecule is Cc1nc2c(n1Cc1ccccc1)C(=O)N(C)C1=NC[C@@H]3CCC[C@@H]3N12. The van der Waals surface area contributed by atoms with Gasteiger partial charge in [-0.15, -0.1) is 0 Å². The molecule has 1 saturated carbocycles. The van der Waals surface area contributed by atoms with Crippen LogP contribution in [0.3, 0.4) is 0 Å². The number of aliphatic imine (C=N–C) groups is 1. The fraction of sp³-hybridized carbons (Fsp3) is 0.450. The molecule has 0 bridgehead atoms. The van der Waals surface area contributed by atoms with E-state index in [0.717, 1.165) is 30.6 Å². The van der Waals surface area contributed by atoms with E-state index in [1.165, 1.54) is 18.4 Å². The molecular formula is C20H23N5O. The van der Waals surface area contributed by atoms with Crippen LogP contribution in [0.4, 0.5) is 5.82 Å². The lowest BCUT2D eigenvalue weighted by Gasteiger charge is -2.43. The second-order valence-electron chi connectivity index (χ2n) is 7.54. The summed E-state index contributed by atoms with van der Waals surface area (Å²) >= 11 is 0. The number of hydrogen-bond donors (Lipinski definition) is 0. The molecule has 26 heavy (non-hydrogen) atoms. The van der Waals surface area contributed by atoms with Gasteiger partial charge in [-0.1, -0.05) is 36.8 Å². The largest absolute Gasteiger partial charge is 0.318 e. The Bertz CT molecular complexity index is 900. The van der Waals surface area contributed by atoms with E-state index in [0.29, 0.717) is 24.2 Å². The third-order valence-electron chi connectivity index (χ3n) is 5.99. The van der Waals surface area contributed by atoms with Crippen molar-refractivity contribution in [2.75, 3.05) is 18.5 Å². The van der Waals surface area contributed by atoms with Gasteiger partial charge in [0.05, 0.1) is 0 Å². The number of aryl methyl sites for hydroxylation is 1. The van der Waals surface area contributed by atoms with Crippen LogP contribution in [0.15, 0.2) is 35.3 Å². The molecule has 1 aromatic carbocycles. The molecule has 3 aliphatic rings. The molecule has 0 unspecified atom stereocenters. The second kappa shape index (κ2) is 5.69. The van der Waals surface area contributed by atoms with E-state index >= 15 is 0 Å². The zero-order valence-electron chi connectivity index (χ0n) is 15.2. The van der Waals surface area contributed by atoms with Gasteiger partial charge in [-0.25, -0.2) is 4.98 Å². The Morgan fingerprint density at radius 1 is 1.19 bits per heavy atom. The normalized spacial score (nSPS) is 24.2. The lowest BCUT2D eigenvalue weighted by Crippen LogP contribution is -2.58. The molecule has 1 aliphatic carbocycles. The molecule has 6 nitrogen and oxygen atoms in total. The zero-order chi connectivity index (χ0) is 17.8. The Labute approximate surface area is 153 Å². The molecular weight excluding hydrogens is 326 g/mol. The number of benzene rings is 1. The van der Waals surface area contributed by atoms with E-state index in [2.05, 4.69) is 21.6 Å². The Hall–Kier alpha value is -2.63. The smallest absolute Gasteiger partial charge is 0.280 e. The van der Waals surface area contributed by atoms with Crippen LogP contribution in [-0.4, -0.2) is 46.0 Å². The average molecular weight is 349 g/mol. The maximum Gasteiger partial charge on any atom is 0.280 e. The molecule has 1 amide bonds. The van der Waals surface area contributed by atoms with E-state index in [1.807, 2.05) is 32.2 Å². The van der Waals surface area contributed by atoms with Gasteiger partial charge >= 0.3 is 0 Å². The summed E-state index contributed by atoms with van der Waals surface area (Å²) in [6, 6.07) is 10.7. The van der Waals surface area contributed by atoms with Crippen LogP contribution in [0.5, 0.6) is 0 Å². The van der Waals surface area contributed by atoms with Crippen molar-refractivity contribution in [2.45, 2.75) is 38.8 Å². The summed E-state index contributed by atoms with van der Waals surface area (Å²) in [5.41, 5.74) is 1.86. The van der Waals surface area contributed by atoms with Gasteiger partial charge in [0, 0.05) is 26.2 Å². The second-order valence-corrected chi connectivity index (χ2v) is 7.54. The van der Waals surface area contributed by atoms with Crippen LogP contribution in [-0.2, 0) is 6.54 Å². The fourth-order valence-corrected chi connectivity index (χ4v) is 4.65. The minimum absolute atomic E-state index is 0.0111. The van der Waals surface area contributed by atoms with E-state index in [1.54, 1.807) is 4.90 Å². The predicted molar refractivity (Wildman–Crippen MR) is 101 cm³/mol. The Balaban J connectivity index is 1.64. The van der Waals surface area contributed by atoms with Crippen LogP contribution < -0.4 is 4.90 Å². The number of carbonyl (C=O) groups excluding carboxylic acids is 1. The first-order valence-electron chi connectivity index (χ1n) is 9.38. The van der Waals surface area contributed by atoms with E-state index in [4.69, 9.17) is 9.98 Å². The highest BCUT2D eigenvalue weighted by Crippen LogP contribution is 2.40. The highest BCUT2D eigenvalue weighted by Gasteiger charge is 2.46. The van der Waals surface area contributed by atoms with Crippen molar-refractivity contribution in [3.63, 3.8) is 0 Å². The number of rotatable bonds is 2. The third kappa shape index (κ3) is 2.14. The molecule has 2 aliphatic heterocycles. The van der Waals surface area contributed by atoms with Gasteiger partial charge in [0.1, 0.15) is 5.82 Å². The maximum atomic E-state index is 13.1. The van der Waals surface area contributed by atoms with E-state index < -0.39 is 0 Å². The summed E-state index contributed by atoms with van der Waals surface area (Å²) in [5.74, 6) is 3.02. The molecule has 0 spiro atoms. The van der Waals surface area contributed by atoms with Crippen LogP contribution >= 0.6 is 0 Å². The molecule has 2 atom stereocenters. The molecule has 0 saturated heterocycles. The van der Waals surface area contributed by atoms with Gasteiger partial charge in [0.2, 0.25) is 5.96 Å². The van der Waals surface area contributed by atoms with Crippen LogP contribution in [0.25, 0.3) is 0 Å². The number of imidazole rings is 1. The minimum Gasteiger partial charge on any atom is -0.318 e. The molecule has 5 rings (SSSR count). The Kier molecular flexibility index (Phi) is 3.42. The Morgan fingerprint density at radius 3 is 2.81 bits per heavy atom. The molecule has 0 N–H and O–H groups in total. The molecule has 0 radical (unpaired) electrons. The minimum atomic E-state index is -0.0111. The number of guanidine groups is 1. The topological polar surface area (TPSA) is 53.7 Å². The lowest BCUT2D eigenvalue weighted by atomic mass is 9.99. The number of amides is 1. The number of nitrogens with zero attached hydrogens (tertiary/aromatic N) is 5. The van der Waals surface area contributed by atoms with Crippen molar-refractivity contribution in [1.82, 2.24) is 14.5 Å². The van der Waals surface area contributed by atoms with Crippen molar-refractivity contribution < 1.29 is 4.79 Å². The summed E-state index contributed by atoms with van der Waals surface area (Å²) in [7, 11) is 1.83. The zero-order valence-corrected chi connectivity index (χ0v) is 15.2. The van der Waals surface area contributed by atoms with Crippen LogP contribution in [0, 0.1) is 12.8 Å². The summed E-state index contributed by atoms with van der Waals surface area (Å²) in [5, 5.41) is 0. The van der Waals surface area contributed by atoms with Gasteiger partial charge in [-0.05, 0) is 31.2 Å². The number of carbonyl (C=O) groups is 1. The summed E-state index contributed by atoms with van der Waals surface area (Å²) in [4.78, 5) is 26.7. The third-order valence-corrected chi connectivity index (χ3v) is 5.99. The van der Waals surface area contributed by atoms with Gasteiger partial charge in [0.25, 0.3) is 5.91 Å². The fourth-order valence-electron chi connectivity index (χ4n) is 4.65. The summed E-state index contributed by atoms with van der Waals surface area (Å²) in [6.45, 7) is 3.47. The van der Waals surface area contributed by atoms with Gasteiger partial charge in [-0.2, -0.15) is 0 Å². The number of anilines is 1. The van der Waals surface area contributed by atoms with Gasteiger partial charge in [0.15, 0.2) is 11.5 Å². The monoisotopic (exact) mass is 349 g/mol. The molecule has 6 heteroatoms. The van der Waals surface area contributed by atoms with Crippen molar-refractivity contribution in [3.05, 3.63) is 47.4 Å². The summed E-state index contributed by atoms with van der Waals surface area (Å²) in [6.07, 6.45) is 3.59. The van der Waals surface area contributed by atoms with Crippen molar-refractivity contribution in [1.29, 1.82) is 0 Å². The molecule has 134 valence electrons. The maximum absolute atomic E-state index is 13.1. The first-order valence-corrected chi connectivity index (χ1v) is 9.38. The van der Waals surface area contributed by atoms with Crippen molar-refractivity contribution >= 4 is 17.7 Å². The van der Waals surface area contributed by atoms with Gasteiger partial charge in [-0.3, -0.25) is 19.6 Å². The highest BCUT2D eigenvalue weighted by atomic mass is 16.2. The first-order chi connectivity index (χ1) is 12.6. The number of hydrogen-bond acceptors (Lipinski definition) is 4. The molecule has 1 fully saturated rings. The van der Waals surface area contributed by atoms with Crippen molar-refractivity contribution in [2.24, 2.45) is 10.9 Å². The molecule has 3 heterocycles. The first kappa shape index (κ1) is 15.6.